The Morgan fingerprint density at radius 1 is 0.950 bits per heavy atom. The van der Waals surface area contributed by atoms with E-state index in [1.807, 2.05) is 0 Å². The van der Waals surface area contributed by atoms with Gasteiger partial charge in [0.05, 0.1) is 19.5 Å². The predicted molar refractivity (Wildman–Crippen MR) is 207 cm³/mol. The fourth-order valence-electron chi connectivity index (χ4n) is 5.44. The van der Waals surface area contributed by atoms with Gasteiger partial charge in [0.25, 0.3) is 0 Å². The lowest BCUT2D eigenvalue weighted by Crippen LogP contribution is -2.46. The van der Waals surface area contributed by atoms with Gasteiger partial charge in [-0.1, -0.05) is 44.9 Å². The molecule has 3 rings (SSSR count). The van der Waals surface area contributed by atoms with Crippen molar-refractivity contribution in [1.82, 2.24) is 30.2 Å². The van der Waals surface area contributed by atoms with Crippen molar-refractivity contribution in [1.29, 1.82) is 0 Å². The Hall–Kier alpha value is -2.97. The lowest BCUT2D eigenvalue weighted by molar-refractivity contribution is -0.137. The number of phosphoric acid groups is 3. The van der Waals surface area contributed by atoms with Crippen LogP contribution in [0.1, 0.15) is 71.4 Å². The SMILES string of the molecule is CC(C)(COP(=O)(O)OP(=O)(O)OCC1OC(n2cnc3c(N)ncnc32)C(O)C1OP(=O)(O)O)C(O)C(=O)NCCC(=O)NCCSC(=O)CCCCCCCC(=O)O. The number of nitrogens with two attached hydrogens (primary N) is 1. The van der Waals surface area contributed by atoms with Gasteiger partial charge in [-0.15, -0.1) is 0 Å². The van der Waals surface area contributed by atoms with Gasteiger partial charge in [0.15, 0.2) is 22.8 Å². The molecule has 26 nitrogen and oxygen atoms in total. The Bertz CT molecular complexity index is 1940. The number of nitrogens with one attached hydrogen (secondary N) is 2. The number of hydrogen-bond donors (Lipinski definition) is 10. The van der Waals surface area contributed by atoms with E-state index >= 15 is 0 Å². The van der Waals surface area contributed by atoms with E-state index in [0.29, 0.717) is 25.0 Å². The minimum atomic E-state index is -5.58. The van der Waals surface area contributed by atoms with Crippen molar-refractivity contribution < 1.29 is 90.4 Å². The van der Waals surface area contributed by atoms with Gasteiger partial charge in [0, 0.05) is 43.5 Å². The standard InChI is InChI=1S/C30H50N7O19P3S/c1-30(2,25(43)28(44)33-11-10-19(38)32-12-13-60-21(41)9-7-5-3-4-6-8-20(39)40)15-53-59(50,51)56-58(48,49)52-14-18-24(55-57(45,46)47)23(42)29(54-18)37-17-36-22-26(31)34-16-35-27(22)37/h16-18,23-25,29,42-43H,3-15H2,1-2H3,(H,32,38)(H,33,44)(H,39,40)(H,48,49)(H,50,51)(H2,31,34,35)(H2,45,46,47). The topological polar surface area (TPSA) is 401 Å². The van der Waals surface area contributed by atoms with E-state index < -0.39 is 90.5 Å². The molecule has 2 amide bonds. The van der Waals surface area contributed by atoms with Crippen LogP contribution in [-0.4, -0.2) is 134 Å². The van der Waals surface area contributed by atoms with Crippen molar-refractivity contribution in [2.45, 2.75) is 95.9 Å². The fourth-order valence-corrected chi connectivity index (χ4v) is 8.99. The highest BCUT2D eigenvalue weighted by atomic mass is 32.2. The Kier molecular flexibility index (Phi) is 19.6. The number of nitrogen functional groups attached to an aromatic ring is 1. The first-order chi connectivity index (χ1) is 27.9. The Labute approximate surface area is 346 Å². The zero-order valence-corrected chi connectivity index (χ0v) is 35.9. The van der Waals surface area contributed by atoms with E-state index in [1.54, 1.807) is 0 Å². The second kappa shape index (κ2) is 22.9. The molecule has 3 heterocycles. The molecule has 340 valence electrons. The fraction of sp³-hybridized carbons (Fsp3) is 0.700. The zero-order valence-electron chi connectivity index (χ0n) is 32.4. The molecule has 1 fully saturated rings. The summed E-state index contributed by atoms with van der Waals surface area (Å²) in [4.78, 5) is 98.2. The van der Waals surface area contributed by atoms with E-state index in [1.165, 1.54) is 13.8 Å². The number of ether oxygens (including phenoxy) is 1. The van der Waals surface area contributed by atoms with Crippen molar-refractivity contribution in [2.24, 2.45) is 5.41 Å². The van der Waals surface area contributed by atoms with Crippen LogP contribution < -0.4 is 16.4 Å². The molecular formula is C30H50N7O19P3S. The number of carbonyl (C=O) groups is 4. The highest BCUT2D eigenvalue weighted by Crippen LogP contribution is 2.61. The molecule has 0 aromatic carbocycles. The smallest absolute Gasteiger partial charge is 0.481 e. The van der Waals surface area contributed by atoms with Crippen LogP contribution in [0.5, 0.6) is 0 Å². The first kappa shape index (κ1) is 51.4. The van der Waals surface area contributed by atoms with Crippen molar-refractivity contribution in [2.75, 3.05) is 37.8 Å². The maximum absolute atomic E-state index is 12.7. The number of unbranched alkanes of at least 4 members (excludes halogenated alkanes) is 4. The molecule has 1 saturated heterocycles. The minimum Gasteiger partial charge on any atom is -0.481 e. The van der Waals surface area contributed by atoms with Crippen LogP contribution in [0, 0.1) is 5.41 Å². The first-order valence-corrected chi connectivity index (χ1v) is 23.7. The van der Waals surface area contributed by atoms with Crippen LogP contribution >= 0.6 is 35.2 Å². The molecule has 2 aromatic heterocycles. The molecule has 30 heteroatoms. The Balaban J connectivity index is 1.40. The molecule has 1 aliphatic heterocycles. The summed E-state index contributed by atoms with van der Waals surface area (Å²) in [5.74, 6) is -2.00. The number of carboxylic acid groups (broad SMARTS) is 1. The van der Waals surface area contributed by atoms with Crippen molar-refractivity contribution in [3.05, 3.63) is 12.7 Å². The van der Waals surface area contributed by atoms with Crippen LogP contribution in [0.3, 0.4) is 0 Å². The number of amides is 2. The summed E-state index contributed by atoms with van der Waals surface area (Å²) in [5, 5.41) is 35.0. The van der Waals surface area contributed by atoms with Gasteiger partial charge < -0.3 is 56.0 Å². The number of hydrogen-bond acceptors (Lipinski definition) is 19. The molecule has 2 aromatic rings. The quantitative estimate of drug-likeness (QED) is 0.0430. The average Bonchev–Trinajstić information content (AvgIpc) is 3.70. The third-order valence-electron chi connectivity index (χ3n) is 8.54. The number of fused-ring (bicyclic) bond motifs is 1. The molecule has 7 unspecified atom stereocenters. The lowest BCUT2D eigenvalue weighted by Gasteiger charge is -2.30. The molecule has 1 aliphatic rings. The first-order valence-electron chi connectivity index (χ1n) is 18.2. The third kappa shape index (κ3) is 17.1. The monoisotopic (exact) mass is 937 g/mol. The molecule has 0 radical (unpaired) electrons. The van der Waals surface area contributed by atoms with E-state index in [0.717, 1.165) is 48.2 Å². The number of phosphoric ester groups is 3. The van der Waals surface area contributed by atoms with Gasteiger partial charge in [-0.05, 0) is 12.8 Å². The second-order valence-electron chi connectivity index (χ2n) is 14.0. The number of aliphatic hydroxyl groups excluding tert-OH is 2. The summed E-state index contributed by atoms with van der Waals surface area (Å²) in [6.45, 7) is 0.408. The number of thioether (sulfide) groups is 1. The van der Waals surface area contributed by atoms with Gasteiger partial charge in [-0.2, -0.15) is 4.31 Å². The molecular weight excluding hydrogens is 887 g/mol. The van der Waals surface area contributed by atoms with Crippen LogP contribution in [0.25, 0.3) is 11.2 Å². The second-order valence-corrected chi connectivity index (χ2v) is 19.3. The number of rotatable bonds is 27. The van der Waals surface area contributed by atoms with Gasteiger partial charge in [0.2, 0.25) is 11.8 Å². The highest BCUT2D eigenvalue weighted by Gasteiger charge is 2.50. The van der Waals surface area contributed by atoms with E-state index in [2.05, 4.69) is 34.4 Å². The zero-order chi connectivity index (χ0) is 44.9. The Morgan fingerprint density at radius 2 is 1.60 bits per heavy atom. The normalized spacial score (nSPS) is 20.9. The summed E-state index contributed by atoms with van der Waals surface area (Å²) in [5.41, 5.74) is 4.23. The maximum Gasteiger partial charge on any atom is 0.481 e. The number of aliphatic hydroxyl groups is 2. The van der Waals surface area contributed by atoms with Crippen LogP contribution in [0.4, 0.5) is 5.82 Å². The highest BCUT2D eigenvalue weighted by molar-refractivity contribution is 8.13. The van der Waals surface area contributed by atoms with Crippen molar-refractivity contribution >= 4 is 75.1 Å². The van der Waals surface area contributed by atoms with E-state index in [9.17, 15) is 62.7 Å². The molecule has 0 bridgehead atoms. The summed E-state index contributed by atoms with van der Waals surface area (Å²) in [6, 6.07) is 0. The van der Waals surface area contributed by atoms with Gasteiger partial charge in [0.1, 0.15) is 36.3 Å². The van der Waals surface area contributed by atoms with Gasteiger partial charge in [-0.25, -0.2) is 28.6 Å². The Morgan fingerprint density at radius 3 is 2.27 bits per heavy atom. The summed E-state index contributed by atoms with van der Waals surface area (Å²) in [6.07, 6.45) is -2.79. The molecule has 0 spiro atoms. The van der Waals surface area contributed by atoms with Crippen LogP contribution in [0.15, 0.2) is 12.7 Å². The van der Waals surface area contributed by atoms with E-state index in [-0.39, 0.29) is 48.0 Å². The number of aliphatic carboxylic acids is 1. The predicted octanol–water partition coefficient (Wildman–Crippen LogP) is 0.480. The van der Waals surface area contributed by atoms with Crippen LogP contribution in [0.2, 0.25) is 0 Å². The molecule has 11 N–H and O–H groups in total. The van der Waals surface area contributed by atoms with E-state index in [4.69, 9.17) is 24.6 Å². The number of aromatic nitrogens is 4. The summed E-state index contributed by atoms with van der Waals surface area (Å²) in [7, 11) is -16.4. The number of imidazole rings is 1. The molecule has 0 saturated carbocycles. The lowest BCUT2D eigenvalue weighted by atomic mass is 9.87. The largest absolute Gasteiger partial charge is 0.481 e. The van der Waals surface area contributed by atoms with Crippen molar-refractivity contribution in [3.63, 3.8) is 0 Å². The van der Waals surface area contributed by atoms with Crippen molar-refractivity contribution in [3.8, 4) is 0 Å². The number of carboxylic acids is 1. The number of carbonyl (C=O) groups excluding carboxylic acids is 3. The third-order valence-corrected chi connectivity index (χ3v) is 12.6. The molecule has 60 heavy (non-hydrogen) atoms. The van der Waals surface area contributed by atoms with Crippen LogP contribution in [-0.2, 0) is 55.5 Å². The number of nitrogens with zero attached hydrogens (tertiary/aromatic N) is 4. The average molecular weight is 938 g/mol. The molecule has 0 aliphatic carbocycles. The van der Waals surface area contributed by atoms with Gasteiger partial charge >= 0.3 is 29.4 Å². The number of anilines is 1. The summed E-state index contributed by atoms with van der Waals surface area (Å²) >= 11 is 1.06. The maximum atomic E-state index is 12.7. The molecule has 7 atom stereocenters. The summed E-state index contributed by atoms with van der Waals surface area (Å²) < 4.78 is 62.1. The minimum absolute atomic E-state index is 0.0242. The van der Waals surface area contributed by atoms with Gasteiger partial charge in [-0.3, -0.25) is 37.3 Å².